The van der Waals surface area contributed by atoms with Crippen LogP contribution in [-0.4, -0.2) is 24.4 Å². The third kappa shape index (κ3) is 4.06. The fourth-order valence-corrected chi connectivity index (χ4v) is 2.35. The van der Waals surface area contributed by atoms with Crippen molar-refractivity contribution >= 4 is 17.5 Å². The zero-order valence-electron chi connectivity index (χ0n) is 12.1. The molecule has 0 fully saturated rings. The minimum Gasteiger partial charge on any atom is -0.337 e. The largest absolute Gasteiger partial charge is 0.337 e. The van der Waals surface area contributed by atoms with E-state index in [4.69, 9.17) is 17.3 Å². The molecule has 2 N–H and O–H groups in total. The summed E-state index contributed by atoms with van der Waals surface area (Å²) in [4.78, 5) is 14.1. The second kappa shape index (κ2) is 7.25. The molecule has 2 aromatic rings. The lowest BCUT2D eigenvalue weighted by Crippen LogP contribution is -2.26. The van der Waals surface area contributed by atoms with Gasteiger partial charge in [-0.25, -0.2) is 0 Å². The SMILES string of the molecule is CN(Cc1ccccc1Cl)C(=O)c1ccc(CCN)cc1. The van der Waals surface area contributed by atoms with E-state index in [1.54, 1.807) is 11.9 Å². The molecule has 110 valence electrons. The normalized spacial score (nSPS) is 10.4. The lowest BCUT2D eigenvalue weighted by Gasteiger charge is -2.18. The summed E-state index contributed by atoms with van der Waals surface area (Å²) in [6, 6.07) is 15.1. The summed E-state index contributed by atoms with van der Waals surface area (Å²) in [6.07, 6.45) is 0.823. The van der Waals surface area contributed by atoms with Crippen molar-refractivity contribution in [1.29, 1.82) is 0 Å². The van der Waals surface area contributed by atoms with E-state index in [1.807, 2.05) is 48.5 Å². The van der Waals surface area contributed by atoms with Gasteiger partial charge in [-0.3, -0.25) is 4.79 Å². The highest BCUT2D eigenvalue weighted by molar-refractivity contribution is 6.31. The highest BCUT2D eigenvalue weighted by atomic mass is 35.5. The van der Waals surface area contributed by atoms with Crippen LogP contribution in [0.2, 0.25) is 5.02 Å². The lowest BCUT2D eigenvalue weighted by molar-refractivity contribution is 0.0785. The minimum absolute atomic E-state index is 0.0192. The van der Waals surface area contributed by atoms with E-state index in [9.17, 15) is 4.79 Å². The zero-order valence-corrected chi connectivity index (χ0v) is 12.8. The minimum atomic E-state index is -0.0192. The molecule has 4 heteroatoms. The molecule has 0 aliphatic carbocycles. The van der Waals surface area contributed by atoms with Crippen molar-refractivity contribution in [1.82, 2.24) is 4.90 Å². The highest BCUT2D eigenvalue weighted by Gasteiger charge is 2.13. The predicted octanol–water partition coefficient (Wildman–Crippen LogP) is 3.11. The second-order valence-electron chi connectivity index (χ2n) is 4.99. The van der Waals surface area contributed by atoms with Gasteiger partial charge in [0.15, 0.2) is 0 Å². The monoisotopic (exact) mass is 302 g/mol. The van der Waals surface area contributed by atoms with E-state index in [0.717, 1.165) is 17.5 Å². The predicted molar refractivity (Wildman–Crippen MR) is 86.4 cm³/mol. The highest BCUT2D eigenvalue weighted by Crippen LogP contribution is 2.17. The van der Waals surface area contributed by atoms with Gasteiger partial charge in [-0.15, -0.1) is 0 Å². The average molecular weight is 303 g/mol. The first-order valence-electron chi connectivity index (χ1n) is 6.89. The first kappa shape index (κ1) is 15.5. The number of benzene rings is 2. The van der Waals surface area contributed by atoms with Gasteiger partial charge < -0.3 is 10.6 Å². The van der Waals surface area contributed by atoms with Crippen LogP contribution in [0.3, 0.4) is 0 Å². The summed E-state index contributed by atoms with van der Waals surface area (Å²) >= 11 is 6.12. The van der Waals surface area contributed by atoms with Gasteiger partial charge in [0.1, 0.15) is 0 Å². The summed E-state index contributed by atoms with van der Waals surface area (Å²) in [5.41, 5.74) is 8.27. The number of amides is 1. The topological polar surface area (TPSA) is 46.3 Å². The molecule has 0 aliphatic rings. The number of hydrogen-bond donors (Lipinski definition) is 1. The van der Waals surface area contributed by atoms with Crippen molar-refractivity contribution in [2.45, 2.75) is 13.0 Å². The first-order valence-corrected chi connectivity index (χ1v) is 7.27. The number of nitrogens with two attached hydrogens (primary N) is 1. The number of hydrogen-bond acceptors (Lipinski definition) is 2. The molecule has 2 rings (SSSR count). The van der Waals surface area contributed by atoms with E-state index < -0.39 is 0 Å². The van der Waals surface area contributed by atoms with Crippen molar-refractivity contribution in [3.63, 3.8) is 0 Å². The molecular formula is C17H19ClN2O. The quantitative estimate of drug-likeness (QED) is 0.922. The van der Waals surface area contributed by atoms with Gasteiger partial charge in [-0.05, 0) is 42.3 Å². The van der Waals surface area contributed by atoms with Crippen LogP contribution in [0.25, 0.3) is 0 Å². The molecule has 0 saturated heterocycles. The van der Waals surface area contributed by atoms with Gasteiger partial charge in [0.2, 0.25) is 0 Å². The Labute approximate surface area is 130 Å². The van der Waals surface area contributed by atoms with Gasteiger partial charge in [0.05, 0.1) is 0 Å². The molecule has 2 aromatic carbocycles. The van der Waals surface area contributed by atoms with Gasteiger partial charge in [0.25, 0.3) is 5.91 Å². The number of carbonyl (C=O) groups excluding carboxylic acids is 1. The molecule has 0 bridgehead atoms. The maximum absolute atomic E-state index is 12.4. The molecule has 0 heterocycles. The first-order chi connectivity index (χ1) is 10.1. The smallest absolute Gasteiger partial charge is 0.253 e. The van der Waals surface area contributed by atoms with E-state index in [1.165, 1.54) is 0 Å². The van der Waals surface area contributed by atoms with Crippen LogP contribution in [0.1, 0.15) is 21.5 Å². The van der Waals surface area contributed by atoms with Crippen molar-refractivity contribution in [3.8, 4) is 0 Å². The molecule has 0 unspecified atom stereocenters. The number of nitrogens with zero attached hydrogens (tertiary/aromatic N) is 1. The van der Waals surface area contributed by atoms with Crippen LogP contribution in [0.15, 0.2) is 48.5 Å². The van der Waals surface area contributed by atoms with Crippen molar-refractivity contribution in [2.24, 2.45) is 5.73 Å². The molecule has 1 amide bonds. The molecule has 0 atom stereocenters. The van der Waals surface area contributed by atoms with E-state index in [0.29, 0.717) is 23.7 Å². The van der Waals surface area contributed by atoms with Gasteiger partial charge in [-0.2, -0.15) is 0 Å². The van der Waals surface area contributed by atoms with Gasteiger partial charge >= 0.3 is 0 Å². The number of rotatable bonds is 5. The van der Waals surface area contributed by atoms with Gasteiger partial charge in [-0.1, -0.05) is 41.9 Å². The average Bonchev–Trinajstić information content (AvgIpc) is 2.50. The third-order valence-electron chi connectivity index (χ3n) is 3.35. The van der Waals surface area contributed by atoms with Crippen LogP contribution >= 0.6 is 11.6 Å². The molecule has 3 nitrogen and oxygen atoms in total. The molecule has 0 saturated carbocycles. The fourth-order valence-electron chi connectivity index (χ4n) is 2.15. The lowest BCUT2D eigenvalue weighted by atomic mass is 10.1. The van der Waals surface area contributed by atoms with Crippen molar-refractivity contribution in [2.75, 3.05) is 13.6 Å². The Bertz CT molecular complexity index is 610. The Morgan fingerprint density at radius 2 is 1.81 bits per heavy atom. The number of halogens is 1. The Balaban J connectivity index is 2.07. The maximum atomic E-state index is 12.4. The van der Waals surface area contributed by atoms with E-state index in [2.05, 4.69) is 0 Å². The van der Waals surface area contributed by atoms with Crippen LogP contribution in [0.5, 0.6) is 0 Å². The molecule has 0 radical (unpaired) electrons. The third-order valence-corrected chi connectivity index (χ3v) is 3.71. The summed E-state index contributed by atoms with van der Waals surface area (Å²) in [7, 11) is 1.78. The van der Waals surface area contributed by atoms with Crippen LogP contribution in [0.4, 0.5) is 0 Å². The van der Waals surface area contributed by atoms with Crippen molar-refractivity contribution in [3.05, 3.63) is 70.2 Å². The van der Waals surface area contributed by atoms with Crippen molar-refractivity contribution < 1.29 is 4.79 Å². The van der Waals surface area contributed by atoms with E-state index >= 15 is 0 Å². The standard InChI is InChI=1S/C17H19ClN2O/c1-20(12-15-4-2-3-5-16(15)18)17(21)14-8-6-13(7-9-14)10-11-19/h2-9H,10-12,19H2,1H3. The molecular weight excluding hydrogens is 284 g/mol. The Morgan fingerprint density at radius 1 is 1.14 bits per heavy atom. The van der Waals surface area contributed by atoms with Crippen LogP contribution in [0, 0.1) is 0 Å². The molecule has 0 spiro atoms. The summed E-state index contributed by atoms with van der Waals surface area (Å²) in [6.45, 7) is 1.10. The summed E-state index contributed by atoms with van der Waals surface area (Å²) in [5.74, 6) is -0.0192. The maximum Gasteiger partial charge on any atom is 0.253 e. The van der Waals surface area contributed by atoms with Crippen LogP contribution in [-0.2, 0) is 13.0 Å². The Morgan fingerprint density at radius 3 is 2.43 bits per heavy atom. The molecule has 21 heavy (non-hydrogen) atoms. The fraction of sp³-hybridized carbons (Fsp3) is 0.235. The Kier molecular flexibility index (Phi) is 5.37. The number of carbonyl (C=O) groups is 1. The van der Waals surface area contributed by atoms with E-state index in [-0.39, 0.29) is 5.91 Å². The Hall–Kier alpha value is -1.84. The zero-order chi connectivity index (χ0) is 15.2. The second-order valence-corrected chi connectivity index (χ2v) is 5.40. The molecule has 0 aliphatic heterocycles. The van der Waals surface area contributed by atoms with Gasteiger partial charge in [0, 0.05) is 24.2 Å². The summed E-state index contributed by atoms with van der Waals surface area (Å²) in [5, 5.41) is 0.676. The molecule has 0 aromatic heterocycles. The van der Waals surface area contributed by atoms with Crippen LogP contribution < -0.4 is 5.73 Å². The summed E-state index contributed by atoms with van der Waals surface area (Å²) < 4.78 is 0.